The van der Waals surface area contributed by atoms with Crippen LogP contribution in [0.2, 0.25) is 0 Å². The second-order valence-electron chi connectivity index (χ2n) is 5.40. The van der Waals surface area contributed by atoms with E-state index in [0.29, 0.717) is 11.5 Å². The van der Waals surface area contributed by atoms with Crippen molar-refractivity contribution in [3.63, 3.8) is 0 Å². The lowest BCUT2D eigenvalue weighted by molar-refractivity contribution is 0.946. The van der Waals surface area contributed by atoms with Gasteiger partial charge in [0.25, 0.3) is 0 Å². The van der Waals surface area contributed by atoms with Crippen molar-refractivity contribution in [3.8, 4) is 22.4 Å². The molecule has 7 heteroatoms. The molecule has 0 aromatic carbocycles. The molecule has 0 fully saturated rings. The van der Waals surface area contributed by atoms with Gasteiger partial charge in [0.15, 0.2) is 11.5 Å². The average Bonchev–Trinajstić information content (AvgIpc) is 3.06. The number of fused-ring (bicyclic) bond motifs is 1. The van der Waals surface area contributed by atoms with E-state index in [1.807, 2.05) is 44.4 Å². The van der Waals surface area contributed by atoms with Gasteiger partial charge in [-0.15, -0.1) is 5.10 Å². The molecule has 0 amide bonds. The molecule has 4 aromatic heterocycles. The van der Waals surface area contributed by atoms with Crippen molar-refractivity contribution in [3.05, 3.63) is 48.2 Å². The smallest absolute Gasteiger partial charge is 0.166 e. The molecule has 4 aromatic rings. The van der Waals surface area contributed by atoms with Gasteiger partial charge in [-0.1, -0.05) is 6.07 Å². The minimum atomic E-state index is 0.411. The van der Waals surface area contributed by atoms with Crippen LogP contribution in [0.15, 0.2) is 36.8 Å². The zero-order chi connectivity index (χ0) is 16.0. The van der Waals surface area contributed by atoms with Crippen LogP contribution >= 0.6 is 0 Å². The maximum absolute atomic E-state index is 6.08. The quantitative estimate of drug-likeness (QED) is 0.592. The number of pyridine rings is 1. The molecule has 4 rings (SSSR count). The molecule has 0 unspecified atom stereocenters. The van der Waals surface area contributed by atoms with Gasteiger partial charge in [0, 0.05) is 35.4 Å². The molecule has 0 aliphatic rings. The van der Waals surface area contributed by atoms with Crippen molar-refractivity contribution in [1.82, 2.24) is 29.8 Å². The first kappa shape index (κ1) is 13.4. The van der Waals surface area contributed by atoms with Crippen LogP contribution in [0, 0.1) is 13.8 Å². The Bertz CT molecular complexity index is 979. The summed E-state index contributed by atoms with van der Waals surface area (Å²) in [5, 5.41) is 11.6. The lowest BCUT2D eigenvalue weighted by atomic mass is 10.1. The molecule has 7 nitrogen and oxygen atoms in total. The molecular formula is C16H15N7. The maximum Gasteiger partial charge on any atom is 0.166 e. The van der Waals surface area contributed by atoms with Gasteiger partial charge in [0.2, 0.25) is 0 Å². The Morgan fingerprint density at radius 3 is 2.70 bits per heavy atom. The molecular weight excluding hydrogens is 290 g/mol. The molecule has 23 heavy (non-hydrogen) atoms. The van der Waals surface area contributed by atoms with E-state index in [2.05, 4.69) is 25.3 Å². The van der Waals surface area contributed by atoms with Crippen molar-refractivity contribution in [2.75, 3.05) is 5.73 Å². The van der Waals surface area contributed by atoms with Gasteiger partial charge in [-0.05, 0) is 26.0 Å². The summed E-state index contributed by atoms with van der Waals surface area (Å²) in [6, 6.07) is 5.67. The molecule has 0 spiro atoms. The first-order valence-electron chi connectivity index (χ1n) is 7.22. The summed E-state index contributed by atoms with van der Waals surface area (Å²) < 4.78 is 1.69. The molecule has 0 aliphatic carbocycles. The Balaban J connectivity index is 1.93. The standard InChI is InChI=1S/C16H15N7/c1-9-13(10(2)21-20-9)11-7-19-16-14(12-5-3-4-6-18-12)15(17)22-23(16)8-11/h3-8H,1-2H3,(H2,17,22)(H,20,21). The fourth-order valence-corrected chi connectivity index (χ4v) is 2.81. The first-order chi connectivity index (χ1) is 11.1. The molecule has 4 heterocycles. The highest BCUT2D eigenvalue weighted by molar-refractivity contribution is 5.84. The number of hydrogen-bond donors (Lipinski definition) is 2. The van der Waals surface area contributed by atoms with Crippen molar-refractivity contribution in [2.45, 2.75) is 13.8 Å². The average molecular weight is 305 g/mol. The summed E-state index contributed by atoms with van der Waals surface area (Å²) in [4.78, 5) is 8.90. The molecule has 0 atom stereocenters. The summed E-state index contributed by atoms with van der Waals surface area (Å²) >= 11 is 0. The molecule has 0 radical (unpaired) electrons. The lowest BCUT2D eigenvalue weighted by Crippen LogP contribution is -1.93. The molecule has 114 valence electrons. The zero-order valence-electron chi connectivity index (χ0n) is 12.8. The maximum atomic E-state index is 6.08. The van der Waals surface area contributed by atoms with Gasteiger partial charge >= 0.3 is 0 Å². The monoisotopic (exact) mass is 305 g/mol. The van der Waals surface area contributed by atoms with E-state index in [1.54, 1.807) is 10.7 Å². The van der Waals surface area contributed by atoms with E-state index in [4.69, 9.17) is 5.73 Å². The Morgan fingerprint density at radius 1 is 1.13 bits per heavy atom. The number of nitrogens with two attached hydrogens (primary N) is 1. The lowest BCUT2D eigenvalue weighted by Gasteiger charge is -2.03. The van der Waals surface area contributed by atoms with Gasteiger partial charge in [0.1, 0.15) is 0 Å². The number of anilines is 1. The Labute approximate surface area is 132 Å². The minimum Gasteiger partial charge on any atom is -0.382 e. The largest absolute Gasteiger partial charge is 0.382 e. The SMILES string of the molecule is Cc1n[nH]c(C)c1-c1cnc2c(-c3ccccn3)c(N)nn2c1. The minimum absolute atomic E-state index is 0.411. The Morgan fingerprint density at radius 2 is 2.00 bits per heavy atom. The summed E-state index contributed by atoms with van der Waals surface area (Å²) in [6.45, 7) is 3.94. The van der Waals surface area contributed by atoms with Crippen molar-refractivity contribution < 1.29 is 0 Å². The van der Waals surface area contributed by atoms with Gasteiger partial charge in [-0.2, -0.15) is 5.10 Å². The van der Waals surface area contributed by atoms with Gasteiger partial charge < -0.3 is 5.73 Å². The molecule has 0 aliphatic heterocycles. The van der Waals surface area contributed by atoms with Gasteiger partial charge in [-0.3, -0.25) is 10.1 Å². The van der Waals surface area contributed by atoms with Crippen LogP contribution < -0.4 is 5.73 Å². The Kier molecular flexibility index (Phi) is 2.87. The number of H-pyrrole nitrogens is 1. The summed E-state index contributed by atoms with van der Waals surface area (Å²) in [5.41, 5.74) is 12.2. The number of nitrogen functional groups attached to an aromatic ring is 1. The van der Waals surface area contributed by atoms with Crippen LogP contribution in [0.25, 0.3) is 28.0 Å². The third-order valence-corrected chi connectivity index (χ3v) is 3.84. The second-order valence-corrected chi connectivity index (χ2v) is 5.40. The fourth-order valence-electron chi connectivity index (χ4n) is 2.81. The molecule has 0 saturated carbocycles. The molecule has 3 N–H and O–H groups in total. The van der Waals surface area contributed by atoms with E-state index < -0.39 is 0 Å². The highest BCUT2D eigenvalue weighted by Crippen LogP contribution is 2.30. The Hall–Kier alpha value is -3.22. The van der Waals surface area contributed by atoms with Crippen LogP contribution in [0.4, 0.5) is 5.82 Å². The number of nitrogens with one attached hydrogen (secondary N) is 1. The van der Waals surface area contributed by atoms with E-state index in [9.17, 15) is 0 Å². The second kappa shape index (κ2) is 4.91. The number of rotatable bonds is 2. The van der Waals surface area contributed by atoms with E-state index in [-0.39, 0.29) is 0 Å². The predicted octanol–water partition coefficient (Wildman–Crippen LogP) is 2.38. The highest BCUT2D eigenvalue weighted by atomic mass is 15.3. The topological polar surface area (TPSA) is 97.8 Å². The van der Waals surface area contributed by atoms with Crippen LogP contribution in [-0.2, 0) is 0 Å². The number of hydrogen-bond acceptors (Lipinski definition) is 5. The number of nitrogens with zero attached hydrogens (tertiary/aromatic N) is 5. The van der Waals surface area contributed by atoms with Crippen LogP contribution in [0.3, 0.4) is 0 Å². The molecule has 0 bridgehead atoms. The summed E-state index contributed by atoms with van der Waals surface area (Å²) in [6.07, 6.45) is 5.45. The number of aryl methyl sites for hydroxylation is 2. The highest BCUT2D eigenvalue weighted by Gasteiger charge is 2.16. The first-order valence-corrected chi connectivity index (χ1v) is 7.22. The molecule has 0 saturated heterocycles. The van der Waals surface area contributed by atoms with E-state index in [1.165, 1.54) is 0 Å². The number of aromatic nitrogens is 6. The third-order valence-electron chi connectivity index (χ3n) is 3.84. The third kappa shape index (κ3) is 2.05. The zero-order valence-corrected chi connectivity index (χ0v) is 12.8. The van der Waals surface area contributed by atoms with Crippen LogP contribution in [0.5, 0.6) is 0 Å². The van der Waals surface area contributed by atoms with Crippen LogP contribution in [0.1, 0.15) is 11.4 Å². The summed E-state index contributed by atoms with van der Waals surface area (Å²) in [5.74, 6) is 0.411. The van der Waals surface area contributed by atoms with E-state index >= 15 is 0 Å². The van der Waals surface area contributed by atoms with Gasteiger partial charge in [0.05, 0.1) is 17.0 Å². The summed E-state index contributed by atoms with van der Waals surface area (Å²) in [7, 11) is 0. The number of aromatic amines is 1. The predicted molar refractivity (Wildman–Crippen MR) is 87.7 cm³/mol. The van der Waals surface area contributed by atoms with Gasteiger partial charge in [-0.25, -0.2) is 9.50 Å². The van der Waals surface area contributed by atoms with Crippen LogP contribution in [-0.4, -0.2) is 29.8 Å². The van der Waals surface area contributed by atoms with E-state index in [0.717, 1.165) is 33.8 Å². The normalized spacial score (nSPS) is 11.2. The van der Waals surface area contributed by atoms with Crippen molar-refractivity contribution in [2.24, 2.45) is 0 Å². The fraction of sp³-hybridized carbons (Fsp3) is 0.125. The van der Waals surface area contributed by atoms with Crippen molar-refractivity contribution in [1.29, 1.82) is 0 Å². The van der Waals surface area contributed by atoms with Crippen molar-refractivity contribution >= 4 is 11.5 Å².